The van der Waals surface area contributed by atoms with Crippen LogP contribution in [0.3, 0.4) is 0 Å². The van der Waals surface area contributed by atoms with Gasteiger partial charge in [0, 0.05) is 30.8 Å². The Kier molecular flexibility index (Phi) is 4.70. The molecule has 0 amide bonds. The Morgan fingerprint density at radius 2 is 2.44 bits per heavy atom. The second-order valence-electron chi connectivity index (χ2n) is 2.95. The fourth-order valence-electron chi connectivity index (χ4n) is 0.985. The summed E-state index contributed by atoms with van der Waals surface area (Å²) in [5, 5.41) is 13.4. The fourth-order valence-corrected chi connectivity index (χ4v) is 1.16. The molecule has 1 heterocycles. The molecule has 0 unspecified atom stereocenters. The lowest BCUT2D eigenvalue weighted by atomic mass is 10.2. The van der Waals surface area contributed by atoms with E-state index >= 15 is 0 Å². The maximum Gasteiger partial charge on any atom is 0.307 e. The zero-order chi connectivity index (χ0) is 12.0. The summed E-state index contributed by atoms with van der Waals surface area (Å²) in [4.78, 5) is 13.7. The van der Waals surface area contributed by atoms with Gasteiger partial charge in [-0.1, -0.05) is 23.4 Å². The average molecular weight is 240 g/mol. The van der Waals surface area contributed by atoms with Crippen LogP contribution in [-0.2, 0) is 0 Å². The summed E-state index contributed by atoms with van der Waals surface area (Å²) < 4.78 is 0. The third-order valence-corrected chi connectivity index (χ3v) is 2.04. The molecule has 0 aromatic carbocycles. The highest BCUT2D eigenvalue weighted by Crippen LogP contribution is 2.21. The molecule has 16 heavy (non-hydrogen) atoms. The largest absolute Gasteiger partial charge is 0.319 e. The molecule has 0 fully saturated rings. The maximum atomic E-state index is 10.6. The van der Waals surface area contributed by atoms with E-state index in [1.165, 1.54) is 12.3 Å². The summed E-state index contributed by atoms with van der Waals surface area (Å²) in [5.41, 5.74) is 0.272. The second kappa shape index (κ2) is 6.05. The Hall–Kier alpha value is -1.64. The minimum atomic E-state index is -0.575. The average Bonchev–Trinajstić information content (AvgIpc) is 2.26. The van der Waals surface area contributed by atoms with Gasteiger partial charge >= 0.3 is 5.69 Å². The quantitative estimate of drug-likeness (QED) is 0.286. The van der Waals surface area contributed by atoms with Crippen LogP contribution in [-0.4, -0.2) is 23.5 Å². The van der Waals surface area contributed by atoms with Crippen molar-refractivity contribution < 1.29 is 4.92 Å². The SMILES string of the molecule is CNCCC#Cc1cnc(Cl)c([N+](=O)[O-])c1. The lowest BCUT2D eigenvalue weighted by Crippen LogP contribution is -2.05. The van der Waals surface area contributed by atoms with Crippen LogP contribution >= 0.6 is 11.6 Å². The Morgan fingerprint density at radius 1 is 1.69 bits per heavy atom. The van der Waals surface area contributed by atoms with Gasteiger partial charge < -0.3 is 5.32 Å². The summed E-state index contributed by atoms with van der Waals surface area (Å²) in [7, 11) is 1.83. The Balaban J connectivity index is 2.85. The molecule has 0 spiro atoms. The van der Waals surface area contributed by atoms with Gasteiger partial charge in [0.2, 0.25) is 5.15 Å². The van der Waals surface area contributed by atoms with Crippen molar-refractivity contribution in [2.24, 2.45) is 0 Å². The summed E-state index contributed by atoms with van der Waals surface area (Å²) in [5.74, 6) is 5.66. The molecule has 1 aromatic heterocycles. The zero-order valence-corrected chi connectivity index (χ0v) is 9.41. The van der Waals surface area contributed by atoms with Crippen LogP contribution in [0.1, 0.15) is 12.0 Å². The smallest absolute Gasteiger partial charge is 0.307 e. The Labute approximate surface area is 98.0 Å². The number of nitrogens with zero attached hydrogens (tertiary/aromatic N) is 2. The molecule has 5 nitrogen and oxygen atoms in total. The first-order chi connectivity index (χ1) is 7.65. The first kappa shape index (κ1) is 12.4. The van der Waals surface area contributed by atoms with E-state index in [0.29, 0.717) is 12.0 Å². The van der Waals surface area contributed by atoms with Gasteiger partial charge in [-0.05, 0) is 7.05 Å². The van der Waals surface area contributed by atoms with Gasteiger partial charge in [0.1, 0.15) is 0 Å². The number of aromatic nitrogens is 1. The van der Waals surface area contributed by atoms with E-state index in [4.69, 9.17) is 11.6 Å². The van der Waals surface area contributed by atoms with Crippen LogP contribution in [0.2, 0.25) is 5.15 Å². The van der Waals surface area contributed by atoms with Crippen LogP contribution < -0.4 is 5.32 Å². The summed E-state index contributed by atoms with van der Waals surface area (Å²) in [6.45, 7) is 0.774. The Morgan fingerprint density at radius 3 is 3.06 bits per heavy atom. The molecule has 0 aliphatic heterocycles. The van der Waals surface area contributed by atoms with Crippen molar-refractivity contribution in [2.45, 2.75) is 6.42 Å². The lowest BCUT2D eigenvalue weighted by molar-refractivity contribution is -0.385. The highest BCUT2D eigenvalue weighted by molar-refractivity contribution is 6.31. The molecule has 0 radical (unpaired) electrons. The fraction of sp³-hybridized carbons (Fsp3) is 0.300. The number of nitro groups is 1. The third kappa shape index (κ3) is 3.50. The van der Waals surface area contributed by atoms with E-state index in [2.05, 4.69) is 22.1 Å². The summed E-state index contributed by atoms with van der Waals surface area (Å²) in [6.07, 6.45) is 2.09. The highest BCUT2D eigenvalue weighted by Gasteiger charge is 2.13. The minimum absolute atomic E-state index is 0.120. The summed E-state index contributed by atoms with van der Waals surface area (Å²) in [6, 6.07) is 1.32. The second-order valence-corrected chi connectivity index (χ2v) is 3.30. The topological polar surface area (TPSA) is 68.1 Å². The van der Waals surface area contributed by atoms with Crippen molar-refractivity contribution in [2.75, 3.05) is 13.6 Å². The van der Waals surface area contributed by atoms with Gasteiger partial charge in [-0.2, -0.15) is 0 Å². The first-order valence-electron chi connectivity index (χ1n) is 4.58. The van der Waals surface area contributed by atoms with Crippen molar-refractivity contribution in [1.82, 2.24) is 10.3 Å². The van der Waals surface area contributed by atoms with Crippen LogP contribution in [0.25, 0.3) is 0 Å². The third-order valence-electron chi connectivity index (χ3n) is 1.75. The van der Waals surface area contributed by atoms with E-state index in [-0.39, 0.29) is 10.8 Å². The first-order valence-corrected chi connectivity index (χ1v) is 4.96. The van der Waals surface area contributed by atoms with E-state index in [1.807, 2.05) is 7.05 Å². The predicted molar refractivity (Wildman–Crippen MR) is 61.3 cm³/mol. The molecule has 1 N–H and O–H groups in total. The minimum Gasteiger partial charge on any atom is -0.319 e. The van der Waals surface area contributed by atoms with Crippen molar-refractivity contribution in [1.29, 1.82) is 0 Å². The normalized spacial score (nSPS) is 9.38. The number of hydrogen-bond acceptors (Lipinski definition) is 4. The number of pyridine rings is 1. The van der Waals surface area contributed by atoms with Crippen molar-refractivity contribution in [3.05, 3.63) is 33.1 Å². The molecule has 0 aliphatic carbocycles. The molecular formula is C10H10ClN3O2. The monoisotopic (exact) mass is 239 g/mol. The van der Waals surface area contributed by atoms with E-state index in [0.717, 1.165) is 6.54 Å². The highest BCUT2D eigenvalue weighted by atomic mass is 35.5. The number of halogens is 1. The number of rotatable bonds is 3. The van der Waals surface area contributed by atoms with E-state index < -0.39 is 4.92 Å². The lowest BCUT2D eigenvalue weighted by Gasteiger charge is -1.94. The van der Waals surface area contributed by atoms with Crippen molar-refractivity contribution >= 4 is 17.3 Å². The molecule has 84 valence electrons. The maximum absolute atomic E-state index is 10.6. The molecule has 0 atom stereocenters. The standard InChI is InChI=1S/C10H10ClN3O2/c1-12-5-3-2-4-8-6-9(14(15)16)10(11)13-7-8/h6-7,12H,3,5H2,1H3. The van der Waals surface area contributed by atoms with Gasteiger partial charge in [-0.25, -0.2) is 4.98 Å². The van der Waals surface area contributed by atoms with Crippen LogP contribution in [0.15, 0.2) is 12.3 Å². The number of hydrogen-bond donors (Lipinski definition) is 1. The molecule has 0 saturated heterocycles. The van der Waals surface area contributed by atoms with Gasteiger partial charge in [-0.15, -0.1) is 0 Å². The predicted octanol–water partition coefficient (Wildman–Crippen LogP) is 1.60. The van der Waals surface area contributed by atoms with Gasteiger partial charge in [-0.3, -0.25) is 10.1 Å². The molecular weight excluding hydrogens is 230 g/mol. The van der Waals surface area contributed by atoms with Gasteiger partial charge in [0.25, 0.3) is 0 Å². The summed E-state index contributed by atoms with van der Waals surface area (Å²) >= 11 is 5.56. The van der Waals surface area contributed by atoms with E-state index in [1.54, 1.807) is 0 Å². The van der Waals surface area contributed by atoms with Crippen molar-refractivity contribution in [3.63, 3.8) is 0 Å². The molecule has 0 aliphatic rings. The van der Waals surface area contributed by atoms with Crippen LogP contribution in [0, 0.1) is 22.0 Å². The molecule has 1 rings (SSSR count). The number of nitrogens with one attached hydrogen (secondary N) is 1. The Bertz CT molecular complexity index is 451. The van der Waals surface area contributed by atoms with Crippen molar-refractivity contribution in [3.8, 4) is 11.8 Å². The molecule has 6 heteroatoms. The van der Waals surface area contributed by atoms with Crippen LogP contribution in [0.4, 0.5) is 5.69 Å². The molecule has 1 aromatic rings. The zero-order valence-electron chi connectivity index (χ0n) is 8.66. The van der Waals surface area contributed by atoms with Gasteiger partial charge in [0.05, 0.1) is 4.92 Å². The van der Waals surface area contributed by atoms with Crippen LogP contribution in [0.5, 0.6) is 0 Å². The van der Waals surface area contributed by atoms with Gasteiger partial charge in [0.15, 0.2) is 0 Å². The molecule has 0 bridgehead atoms. The molecule has 0 saturated carbocycles. The van der Waals surface area contributed by atoms with E-state index in [9.17, 15) is 10.1 Å².